The molecule has 1 unspecified atom stereocenters. The summed E-state index contributed by atoms with van der Waals surface area (Å²) >= 11 is 3.16. The van der Waals surface area contributed by atoms with Crippen molar-refractivity contribution in [2.75, 3.05) is 13.6 Å². The van der Waals surface area contributed by atoms with E-state index in [4.69, 9.17) is 0 Å². The first-order chi connectivity index (χ1) is 13.6. The fourth-order valence-corrected chi connectivity index (χ4v) is 3.77. The Balaban J connectivity index is 1.66. The summed E-state index contributed by atoms with van der Waals surface area (Å²) in [5.74, 6) is -3.49. The van der Waals surface area contributed by atoms with Crippen LogP contribution < -0.4 is 5.32 Å². The zero-order valence-corrected chi connectivity index (χ0v) is 17.5. The second-order valence-electron chi connectivity index (χ2n) is 7.51. The van der Waals surface area contributed by atoms with E-state index >= 15 is 0 Å². The molecule has 1 N–H and O–H groups in total. The first-order valence-electron chi connectivity index (χ1n) is 9.08. The van der Waals surface area contributed by atoms with Gasteiger partial charge in [0.15, 0.2) is 0 Å². The molecular weight excluding hydrogens is 449 g/mol. The Morgan fingerprint density at radius 3 is 2.21 bits per heavy atom. The van der Waals surface area contributed by atoms with Crippen molar-refractivity contribution in [3.63, 3.8) is 0 Å². The maximum absolute atomic E-state index is 13.5. The summed E-state index contributed by atoms with van der Waals surface area (Å²) in [6.45, 7) is 1.83. The van der Waals surface area contributed by atoms with E-state index in [1.54, 1.807) is 14.0 Å². The van der Waals surface area contributed by atoms with Crippen LogP contribution in [0, 0.1) is 17.5 Å². The lowest BCUT2D eigenvalue weighted by atomic mass is 9.99. The average molecular weight is 469 g/mol. The van der Waals surface area contributed by atoms with Crippen molar-refractivity contribution >= 4 is 27.7 Å². The highest BCUT2D eigenvalue weighted by Crippen LogP contribution is 2.37. The largest absolute Gasteiger partial charge is 0.345 e. The third-order valence-electron chi connectivity index (χ3n) is 5.03. The molecule has 2 aromatic rings. The molecule has 1 atom stereocenters. The molecule has 0 bridgehead atoms. The molecule has 4 nitrogen and oxygen atoms in total. The minimum absolute atomic E-state index is 0.181. The van der Waals surface area contributed by atoms with Gasteiger partial charge in [0.05, 0.1) is 11.5 Å². The Morgan fingerprint density at radius 2 is 1.66 bits per heavy atom. The van der Waals surface area contributed by atoms with Gasteiger partial charge in [-0.1, -0.05) is 15.9 Å². The zero-order chi connectivity index (χ0) is 21.3. The predicted octanol–water partition coefficient (Wildman–Crippen LogP) is 4.39. The lowest BCUT2D eigenvalue weighted by molar-refractivity contribution is -0.131. The van der Waals surface area contributed by atoms with Crippen LogP contribution in [0.4, 0.5) is 13.2 Å². The van der Waals surface area contributed by atoms with Gasteiger partial charge >= 0.3 is 0 Å². The van der Waals surface area contributed by atoms with Crippen molar-refractivity contribution in [3.8, 4) is 0 Å². The summed E-state index contributed by atoms with van der Waals surface area (Å²) in [4.78, 5) is 26.7. The summed E-state index contributed by atoms with van der Waals surface area (Å²) in [5, 5.41) is 2.88. The van der Waals surface area contributed by atoms with Crippen molar-refractivity contribution in [2.24, 2.45) is 0 Å². The Kier molecular flexibility index (Phi) is 6.03. The van der Waals surface area contributed by atoms with Crippen molar-refractivity contribution in [1.29, 1.82) is 0 Å². The Bertz CT molecular complexity index is 922. The molecule has 0 radical (unpaired) electrons. The summed E-state index contributed by atoms with van der Waals surface area (Å²) < 4.78 is 40.9. The van der Waals surface area contributed by atoms with Crippen LogP contribution in [0.3, 0.4) is 0 Å². The second-order valence-corrected chi connectivity index (χ2v) is 8.43. The molecule has 1 saturated carbocycles. The average Bonchev–Trinajstić information content (AvgIpc) is 3.37. The molecule has 2 amide bonds. The highest BCUT2D eigenvalue weighted by atomic mass is 79.9. The van der Waals surface area contributed by atoms with Gasteiger partial charge in [0.2, 0.25) is 5.91 Å². The number of carbonyl (C=O) groups excluding carboxylic acids is 2. The number of rotatable bonds is 6. The molecule has 1 fully saturated rings. The molecule has 8 heteroatoms. The van der Waals surface area contributed by atoms with E-state index in [1.807, 2.05) is 0 Å². The van der Waals surface area contributed by atoms with Gasteiger partial charge < -0.3 is 10.2 Å². The zero-order valence-electron chi connectivity index (χ0n) is 15.9. The van der Waals surface area contributed by atoms with Crippen molar-refractivity contribution in [2.45, 2.75) is 31.2 Å². The lowest BCUT2D eigenvalue weighted by Crippen LogP contribution is -2.47. The molecule has 0 heterocycles. The first kappa shape index (κ1) is 21.4. The van der Waals surface area contributed by atoms with Gasteiger partial charge in [0.25, 0.3) is 5.91 Å². The van der Waals surface area contributed by atoms with Crippen LogP contribution in [0.5, 0.6) is 0 Å². The normalized spacial score (nSPS) is 15.5. The number of benzene rings is 2. The molecule has 154 valence electrons. The third kappa shape index (κ3) is 5.18. The SMILES string of the molecule is CC(C(=O)N(C)CC1(NC(=O)c2cc(F)cc(Br)c2)CC1)c1cc(F)cc(F)c1. The highest BCUT2D eigenvalue weighted by molar-refractivity contribution is 9.10. The molecule has 0 spiro atoms. The molecule has 0 aliphatic heterocycles. The molecule has 1 aliphatic rings. The molecule has 1 aliphatic carbocycles. The van der Waals surface area contributed by atoms with E-state index in [-0.39, 0.29) is 23.6 Å². The Hall–Kier alpha value is -2.35. The second kappa shape index (κ2) is 8.18. The fraction of sp³-hybridized carbons (Fsp3) is 0.333. The van der Waals surface area contributed by atoms with Crippen LogP contribution in [0.25, 0.3) is 0 Å². The molecule has 0 aromatic heterocycles. The highest BCUT2D eigenvalue weighted by Gasteiger charge is 2.46. The van der Waals surface area contributed by atoms with Crippen LogP contribution in [0.2, 0.25) is 0 Å². The number of carbonyl (C=O) groups is 2. The lowest BCUT2D eigenvalue weighted by Gasteiger charge is -2.27. The van der Waals surface area contributed by atoms with E-state index < -0.39 is 34.8 Å². The van der Waals surface area contributed by atoms with Gasteiger partial charge in [-0.3, -0.25) is 9.59 Å². The van der Waals surface area contributed by atoms with Crippen LogP contribution >= 0.6 is 15.9 Å². The summed E-state index contributed by atoms with van der Waals surface area (Å²) in [6.07, 6.45) is 1.35. The van der Waals surface area contributed by atoms with Crippen molar-refractivity contribution in [3.05, 3.63) is 69.4 Å². The van der Waals surface area contributed by atoms with Gasteiger partial charge in [-0.05, 0) is 55.7 Å². The van der Waals surface area contributed by atoms with E-state index in [0.717, 1.165) is 24.3 Å². The molecular formula is C21H20BrF3N2O2. The number of amides is 2. The number of nitrogens with zero attached hydrogens (tertiary/aromatic N) is 1. The van der Waals surface area contributed by atoms with Crippen LogP contribution in [-0.4, -0.2) is 35.8 Å². The van der Waals surface area contributed by atoms with Gasteiger partial charge in [0.1, 0.15) is 17.5 Å². The maximum atomic E-state index is 13.5. The van der Waals surface area contributed by atoms with Gasteiger partial charge in [-0.25, -0.2) is 13.2 Å². The fourth-order valence-electron chi connectivity index (χ4n) is 3.30. The number of halogens is 4. The quantitative estimate of drug-likeness (QED) is 0.683. The summed E-state index contributed by atoms with van der Waals surface area (Å²) in [5.41, 5.74) is -0.161. The van der Waals surface area contributed by atoms with Crippen LogP contribution in [0.15, 0.2) is 40.9 Å². The smallest absolute Gasteiger partial charge is 0.251 e. The standard InChI is InChI=1S/C21H20BrF3N2O2/c1-12(13-6-17(24)10-18(25)7-13)20(29)27(2)11-21(3-4-21)26-19(28)14-5-15(22)9-16(23)8-14/h5-10,12H,3-4,11H2,1-2H3,(H,26,28). The van der Waals surface area contributed by atoms with Crippen molar-refractivity contribution in [1.82, 2.24) is 10.2 Å². The molecule has 0 saturated heterocycles. The Labute approximate surface area is 175 Å². The minimum atomic E-state index is -0.741. The van der Waals surface area contributed by atoms with E-state index in [9.17, 15) is 22.8 Å². The number of likely N-dealkylation sites (N-methyl/N-ethyl adjacent to an activating group) is 1. The topological polar surface area (TPSA) is 49.4 Å². The van der Waals surface area contributed by atoms with Gasteiger partial charge in [0, 0.05) is 29.7 Å². The Morgan fingerprint density at radius 1 is 1.07 bits per heavy atom. The van der Waals surface area contributed by atoms with E-state index in [1.165, 1.54) is 17.0 Å². The monoisotopic (exact) mass is 468 g/mol. The molecule has 3 rings (SSSR count). The summed E-state index contributed by atoms with van der Waals surface area (Å²) in [7, 11) is 1.58. The van der Waals surface area contributed by atoms with Crippen LogP contribution in [-0.2, 0) is 4.79 Å². The minimum Gasteiger partial charge on any atom is -0.345 e. The van der Waals surface area contributed by atoms with Crippen LogP contribution in [0.1, 0.15) is 41.6 Å². The summed E-state index contributed by atoms with van der Waals surface area (Å²) in [6, 6.07) is 6.94. The maximum Gasteiger partial charge on any atom is 0.251 e. The van der Waals surface area contributed by atoms with E-state index in [0.29, 0.717) is 17.3 Å². The molecule has 29 heavy (non-hydrogen) atoms. The number of nitrogens with one attached hydrogen (secondary N) is 1. The van der Waals surface area contributed by atoms with Gasteiger partial charge in [-0.15, -0.1) is 0 Å². The molecule has 2 aromatic carbocycles. The predicted molar refractivity (Wildman–Crippen MR) is 106 cm³/mol. The van der Waals surface area contributed by atoms with E-state index in [2.05, 4.69) is 21.2 Å². The van der Waals surface area contributed by atoms with Crippen molar-refractivity contribution < 1.29 is 22.8 Å². The number of hydrogen-bond acceptors (Lipinski definition) is 2. The number of hydrogen-bond donors (Lipinski definition) is 1. The first-order valence-corrected chi connectivity index (χ1v) is 9.87. The van der Waals surface area contributed by atoms with Gasteiger partial charge in [-0.2, -0.15) is 0 Å². The third-order valence-corrected chi connectivity index (χ3v) is 5.49.